The molecule has 0 unspecified atom stereocenters. The molecule has 1 N–H and O–H groups in total. The zero-order valence-electron chi connectivity index (χ0n) is 18.3. The average Bonchev–Trinajstić information content (AvgIpc) is 2.69. The molecule has 162 valence electrons. The number of nitrogens with zero attached hydrogens (tertiary/aromatic N) is 1. The molecule has 0 heterocycles. The highest BCUT2D eigenvalue weighted by Crippen LogP contribution is 2.23. The third kappa shape index (κ3) is 6.18. The minimum absolute atomic E-state index is 0.165. The summed E-state index contributed by atoms with van der Waals surface area (Å²) in [6.45, 7) is 6.56. The molecule has 0 saturated carbocycles. The molecule has 3 aromatic rings. The van der Waals surface area contributed by atoms with Crippen LogP contribution in [0.3, 0.4) is 0 Å². The van der Waals surface area contributed by atoms with Gasteiger partial charge in [-0.05, 0) is 67.3 Å². The highest BCUT2D eigenvalue weighted by atomic mass is 32.2. The van der Waals surface area contributed by atoms with Gasteiger partial charge < -0.3 is 5.32 Å². The van der Waals surface area contributed by atoms with Crippen LogP contribution in [-0.4, -0.2) is 20.6 Å². The Morgan fingerprint density at radius 2 is 1.48 bits per heavy atom. The highest BCUT2D eigenvalue weighted by molar-refractivity contribution is 7.92. The maximum atomic E-state index is 12.5. The number of benzene rings is 3. The number of hydrogen-bond acceptors (Lipinski definition) is 3. The van der Waals surface area contributed by atoms with Crippen molar-refractivity contribution in [3.8, 4) is 0 Å². The Bertz CT molecular complexity index is 1170. The summed E-state index contributed by atoms with van der Waals surface area (Å²) in [5, 5.41) is 2.92. The number of anilines is 1. The number of nitrogens with one attached hydrogen (secondary N) is 1. The van der Waals surface area contributed by atoms with Crippen molar-refractivity contribution in [2.24, 2.45) is 0 Å². The Morgan fingerprint density at radius 3 is 2.06 bits per heavy atom. The molecule has 0 aromatic heterocycles. The molecule has 3 aromatic carbocycles. The Kier molecular flexibility index (Phi) is 6.81. The molecule has 0 saturated heterocycles. The van der Waals surface area contributed by atoms with E-state index in [1.165, 1.54) is 10.6 Å². The van der Waals surface area contributed by atoms with E-state index in [-0.39, 0.29) is 12.5 Å². The van der Waals surface area contributed by atoms with E-state index >= 15 is 0 Å². The van der Waals surface area contributed by atoms with Gasteiger partial charge in [0.1, 0.15) is 0 Å². The largest absolute Gasteiger partial charge is 0.348 e. The van der Waals surface area contributed by atoms with Gasteiger partial charge in [-0.25, -0.2) is 8.42 Å². The van der Waals surface area contributed by atoms with Crippen LogP contribution >= 0.6 is 0 Å². The van der Waals surface area contributed by atoms with Crippen molar-refractivity contribution < 1.29 is 13.2 Å². The van der Waals surface area contributed by atoms with Gasteiger partial charge in [-0.2, -0.15) is 0 Å². The molecule has 31 heavy (non-hydrogen) atoms. The Balaban J connectivity index is 1.72. The molecule has 1 amide bonds. The first-order chi connectivity index (χ1) is 14.6. The van der Waals surface area contributed by atoms with Crippen LogP contribution in [0.15, 0.2) is 66.7 Å². The van der Waals surface area contributed by atoms with E-state index in [2.05, 4.69) is 5.32 Å². The quantitative estimate of drug-likeness (QED) is 0.593. The summed E-state index contributed by atoms with van der Waals surface area (Å²) in [5.74, 6) is -0.165. The van der Waals surface area contributed by atoms with E-state index in [0.29, 0.717) is 17.8 Å². The van der Waals surface area contributed by atoms with E-state index in [1.54, 1.807) is 24.3 Å². The second kappa shape index (κ2) is 9.35. The van der Waals surface area contributed by atoms with Gasteiger partial charge >= 0.3 is 0 Å². The van der Waals surface area contributed by atoms with Crippen LogP contribution in [-0.2, 0) is 23.1 Å². The minimum atomic E-state index is -3.46. The number of aryl methyl sites for hydroxylation is 3. The first-order valence-corrected chi connectivity index (χ1v) is 12.0. The molecule has 6 heteroatoms. The molecule has 0 spiro atoms. The third-order valence-corrected chi connectivity index (χ3v) is 6.11. The molecule has 0 atom stereocenters. The maximum absolute atomic E-state index is 12.5. The van der Waals surface area contributed by atoms with E-state index < -0.39 is 10.0 Å². The first kappa shape index (κ1) is 22.6. The van der Waals surface area contributed by atoms with Crippen LogP contribution in [0, 0.1) is 20.8 Å². The second-order valence-corrected chi connectivity index (χ2v) is 9.89. The number of carbonyl (C=O) groups excluding carboxylic acids is 1. The summed E-state index contributed by atoms with van der Waals surface area (Å²) in [5.41, 5.74) is 6.18. The predicted molar refractivity (Wildman–Crippen MR) is 126 cm³/mol. The average molecular weight is 437 g/mol. The summed E-state index contributed by atoms with van der Waals surface area (Å²) in [7, 11) is -3.46. The fraction of sp³-hybridized carbons (Fsp3) is 0.240. The summed E-state index contributed by atoms with van der Waals surface area (Å²) >= 11 is 0. The van der Waals surface area contributed by atoms with Gasteiger partial charge in [0.15, 0.2) is 0 Å². The van der Waals surface area contributed by atoms with Gasteiger partial charge in [0, 0.05) is 12.1 Å². The van der Waals surface area contributed by atoms with Crippen molar-refractivity contribution in [2.75, 3.05) is 10.6 Å². The summed E-state index contributed by atoms with van der Waals surface area (Å²) in [6.07, 6.45) is 1.21. The van der Waals surface area contributed by atoms with Gasteiger partial charge in [-0.15, -0.1) is 0 Å². The molecule has 5 nitrogen and oxygen atoms in total. The second-order valence-electron chi connectivity index (χ2n) is 7.98. The van der Waals surface area contributed by atoms with Crippen LogP contribution < -0.4 is 9.62 Å². The van der Waals surface area contributed by atoms with Crippen molar-refractivity contribution in [2.45, 2.75) is 33.9 Å². The lowest BCUT2D eigenvalue weighted by Gasteiger charge is -2.23. The van der Waals surface area contributed by atoms with Crippen molar-refractivity contribution in [1.82, 2.24) is 5.32 Å². The van der Waals surface area contributed by atoms with E-state index in [0.717, 1.165) is 27.8 Å². The highest BCUT2D eigenvalue weighted by Gasteiger charge is 2.19. The maximum Gasteiger partial charge on any atom is 0.251 e. The fourth-order valence-electron chi connectivity index (χ4n) is 3.53. The van der Waals surface area contributed by atoms with Gasteiger partial charge in [0.2, 0.25) is 10.0 Å². The normalized spacial score (nSPS) is 11.2. The van der Waals surface area contributed by atoms with Crippen molar-refractivity contribution in [3.05, 3.63) is 100 Å². The van der Waals surface area contributed by atoms with Gasteiger partial charge in [-0.3, -0.25) is 9.10 Å². The lowest BCUT2D eigenvalue weighted by atomic mass is 10.1. The van der Waals surface area contributed by atoms with Crippen LogP contribution in [0.5, 0.6) is 0 Å². The SMILES string of the molecule is Cc1cccc(CNC(=O)c2ccc(CN(c3cc(C)cc(C)c3)S(C)(=O)=O)cc2)c1. The molecule has 0 bridgehead atoms. The predicted octanol–water partition coefficient (Wildman–Crippen LogP) is 4.51. The standard InChI is InChI=1S/C25H28N2O3S/c1-18-6-5-7-22(13-18)16-26-25(28)23-10-8-21(9-11-23)17-27(31(4,29)30)24-14-19(2)12-20(3)15-24/h5-15H,16-17H2,1-4H3,(H,26,28). The molecule has 0 radical (unpaired) electrons. The zero-order valence-corrected chi connectivity index (χ0v) is 19.2. The Hall–Kier alpha value is -3.12. The minimum Gasteiger partial charge on any atom is -0.348 e. The molecular weight excluding hydrogens is 408 g/mol. The zero-order chi connectivity index (χ0) is 22.6. The van der Waals surface area contributed by atoms with E-state index in [1.807, 2.05) is 63.2 Å². The topological polar surface area (TPSA) is 66.5 Å². The molecule has 0 aliphatic carbocycles. The van der Waals surface area contributed by atoms with Gasteiger partial charge in [0.25, 0.3) is 5.91 Å². The Morgan fingerprint density at radius 1 is 0.839 bits per heavy atom. The third-order valence-electron chi connectivity index (χ3n) is 4.97. The van der Waals surface area contributed by atoms with E-state index in [9.17, 15) is 13.2 Å². The lowest BCUT2D eigenvalue weighted by Crippen LogP contribution is -2.29. The van der Waals surface area contributed by atoms with Crippen LogP contribution in [0.1, 0.15) is 38.2 Å². The van der Waals surface area contributed by atoms with Crippen LogP contribution in [0.25, 0.3) is 0 Å². The number of hydrogen-bond donors (Lipinski definition) is 1. The molecule has 3 rings (SSSR count). The van der Waals surface area contributed by atoms with Gasteiger partial charge in [0.05, 0.1) is 18.5 Å². The van der Waals surface area contributed by atoms with Gasteiger partial charge in [-0.1, -0.05) is 48.0 Å². The van der Waals surface area contributed by atoms with Crippen molar-refractivity contribution in [3.63, 3.8) is 0 Å². The van der Waals surface area contributed by atoms with Crippen LogP contribution in [0.2, 0.25) is 0 Å². The van der Waals surface area contributed by atoms with Crippen molar-refractivity contribution >= 4 is 21.6 Å². The first-order valence-electron chi connectivity index (χ1n) is 10.1. The lowest BCUT2D eigenvalue weighted by molar-refractivity contribution is 0.0951. The van der Waals surface area contributed by atoms with Crippen LogP contribution in [0.4, 0.5) is 5.69 Å². The smallest absolute Gasteiger partial charge is 0.251 e. The molecule has 0 fully saturated rings. The summed E-state index contributed by atoms with van der Waals surface area (Å²) < 4.78 is 26.3. The fourth-order valence-corrected chi connectivity index (χ4v) is 4.40. The number of sulfonamides is 1. The number of carbonyl (C=O) groups is 1. The van der Waals surface area contributed by atoms with Crippen molar-refractivity contribution in [1.29, 1.82) is 0 Å². The number of amides is 1. The molecule has 0 aliphatic heterocycles. The molecule has 0 aliphatic rings. The van der Waals surface area contributed by atoms with E-state index in [4.69, 9.17) is 0 Å². The summed E-state index contributed by atoms with van der Waals surface area (Å²) in [6, 6.07) is 20.8. The number of rotatable bonds is 7. The monoisotopic (exact) mass is 436 g/mol. The Labute approximate surface area is 184 Å². The molecular formula is C25H28N2O3S. The summed E-state index contributed by atoms with van der Waals surface area (Å²) in [4.78, 5) is 12.5.